The number of aromatic nitrogens is 1. The number of hydrogen-bond acceptors (Lipinski definition) is 3. The average Bonchev–Trinajstić information content (AvgIpc) is 3.15. The van der Waals surface area contributed by atoms with Gasteiger partial charge in [0.2, 0.25) is 0 Å². The number of carbonyl (C=O) groups excluding carboxylic acids is 2. The van der Waals surface area contributed by atoms with E-state index in [0.29, 0.717) is 24.7 Å². The minimum atomic E-state index is -0.478. The Hall–Kier alpha value is -2.24. The van der Waals surface area contributed by atoms with Crippen molar-refractivity contribution in [3.8, 4) is 0 Å². The number of rotatable bonds is 4. The van der Waals surface area contributed by atoms with Gasteiger partial charge in [-0.15, -0.1) is 0 Å². The maximum absolute atomic E-state index is 12.7. The molecule has 154 valence electrons. The van der Waals surface area contributed by atoms with Crippen molar-refractivity contribution < 1.29 is 14.3 Å². The minimum absolute atomic E-state index is 0.00544. The Morgan fingerprint density at radius 3 is 2.57 bits per heavy atom. The van der Waals surface area contributed by atoms with Gasteiger partial charge in [0.1, 0.15) is 11.3 Å². The number of ether oxygens (including phenoxy) is 1. The number of likely N-dealkylation sites (tertiary alicyclic amines) is 1. The van der Waals surface area contributed by atoms with E-state index in [0.717, 1.165) is 38.6 Å². The molecule has 0 saturated carbocycles. The first-order valence-electron chi connectivity index (χ1n) is 10.4. The van der Waals surface area contributed by atoms with Gasteiger partial charge in [0.15, 0.2) is 0 Å². The molecule has 1 aromatic rings. The molecule has 2 aliphatic rings. The van der Waals surface area contributed by atoms with E-state index in [4.69, 9.17) is 4.74 Å². The van der Waals surface area contributed by atoms with Crippen molar-refractivity contribution in [3.63, 3.8) is 0 Å². The van der Waals surface area contributed by atoms with Crippen LogP contribution in [0.1, 0.15) is 69.4 Å². The van der Waals surface area contributed by atoms with E-state index in [1.807, 2.05) is 39.1 Å². The fourth-order valence-electron chi connectivity index (χ4n) is 3.93. The normalized spacial score (nSPS) is 20.8. The molecule has 1 fully saturated rings. The lowest BCUT2D eigenvalue weighted by atomic mass is 9.94. The molecule has 1 N–H and O–H groups in total. The fraction of sp³-hybridized carbons (Fsp3) is 0.636. The van der Waals surface area contributed by atoms with E-state index in [1.54, 1.807) is 4.90 Å². The maximum atomic E-state index is 12.7. The quantitative estimate of drug-likeness (QED) is 0.790. The summed E-state index contributed by atoms with van der Waals surface area (Å²) in [7, 11) is 0. The fourth-order valence-corrected chi connectivity index (χ4v) is 3.93. The number of piperidine rings is 1. The molecule has 0 spiro atoms. The molecule has 1 atom stereocenters. The molecule has 0 radical (unpaired) electrons. The molecular formula is C22H33N3O3. The summed E-state index contributed by atoms with van der Waals surface area (Å²) >= 11 is 0. The third-order valence-electron chi connectivity index (χ3n) is 5.45. The van der Waals surface area contributed by atoms with Gasteiger partial charge in [0.25, 0.3) is 5.91 Å². The highest BCUT2D eigenvalue weighted by molar-refractivity contribution is 5.92. The van der Waals surface area contributed by atoms with E-state index in [9.17, 15) is 9.59 Å². The summed E-state index contributed by atoms with van der Waals surface area (Å²) in [5.74, 6) is 0.531. The lowest BCUT2D eigenvalue weighted by molar-refractivity contribution is 0.0187. The summed E-state index contributed by atoms with van der Waals surface area (Å²) in [6.07, 6.45) is 11.1. The smallest absolute Gasteiger partial charge is 0.410 e. The van der Waals surface area contributed by atoms with Crippen LogP contribution in [0.15, 0.2) is 30.5 Å². The van der Waals surface area contributed by atoms with Crippen LogP contribution in [-0.2, 0) is 4.74 Å². The predicted octanol–water partition coefficient (Wildman–Crippen LogP) is 4.15. The lowest BCUT2D eigenvalue weighted by Crippen LogP contribution is -2.42. The van der Waals surface area contributed by atoms with Crippen LogP contribution in [0.25, 0.3) is 0 Å². The Morgan fingerprint density at radius 1 is 1.18 bits per heavy atom. The summed E-state index contributed by atoms with van der Waals surface area (Å²) in [6, 6.07) is 4.04. The average molecular weight is 388 g/mol. The largest absolute Gasteiger partial charge is 0.444 e. The Kier molecular flexibility index (Phi) is 6.47. The third kappa shape index (κ3) is 5.40. The van der Waals surface area contributed by atoms with E-state index in [2.05, 4.69) is 22.0 Å². The molecule has 2 amide bonds. The molecule has 6 heteroatoms. The van der Waals surface area contributed by atoms with Crippen LogP contribution in [0, 0.1) is 5.92 Å². The monoisotopic (exact) mass is 387 g/mol. The number of carbonyl (C=O) groups is 2. The van der Waals surface area contributed by atoms with Gasteiger partial charge in [-0.2, -0.15) is 0 Å². The van der Waals surface area contributed by atoms with Crippen LogP contribution < -0.4 is 5.32 Å². The zero-order valence-corrected chi connectivity index (χ0v) is 17.3. The SMILES string of the molecule is CC(C)(C)OC(=O)N1CCC(n2cccc2C(=O)NCC2CC=CCC2)CC1. The molecule has 1 aromatic heterocycles. The van der Waals surface area contributed by atoms with Crippen molar-refractivity contribution in [1.29, 1.82) is 0 Å². The molecule has 6 nitrogen and oxygen atoms in total. The minimum Gasteiger partial charge on any atom is -0.444 e. The molecule has 1 unspecified atom stereocenters. The van der Waals surface area contributed by atoms with E-state index < -0.39 is 5.60 Å². The van der Waals surface area contributed by atoms with Gasteiger partial charge in [-0.05, 0) is 70.9 Å². The van der Waals surface area contributed by atoms with Gasteiger partial charge in [0.05, 0.1) is 0 Å². The van der Waals surface area contributed by atoms with Gasteiger partial charge >= 0.3 is 6.09 Å². The second-order valence-corrected chi connectivity index (χ2v) is 8.86. The molecule has 2 heterocycles. The standard InChI is InChI=1S/C22H33N3O3/c1-22(2,3)28-21(27)24-14-11-18(12-15-24)25-13-7-10-19(25)20(26)23-16-17-8-5-4-6-9-17/h4-5,7,10,13,17-18H,6,8-9,11-12,14-16H2,1-3H3,(H,23,26). The summed E-state index contributed by atoms with van der Waals surface area (Å²) in [5, 5.41) is 3.11. The third-order valence-corrected chi connectivity index (χ3v) is 5.45. The molecule has 0 aromatic carbocycles. The summed E-state index contributed by atoms with van der Waals surface area (Å²) in [4.78, 5) is 26.7. The van der Waals surface area contributed by atoms with Crippen molar-refractivity contribution in [2.45, 2.75) is 64.5 Å². The summed E-state index contributed by atoms with van der Waals surface area (Å²) in [5.41, 5.74) is 0.232. The van der Waals surface area contributed by atoms with Crippen molar-refractivity contribution >= 4 is 12.0 Å². The zero-order valence-electron chi connectivity index (χ0n) is 17.3. The molecule has 28 heavy (non-hydrogen) atoms. The highest BCUT2D eigenvalue weighted by atomic mass is 16.6. The predicted molar refractivity (Wildman–Crippen MR) is 109 cm³/mol. The van der Waals surface area contributed by atoms with Gasteiger partial charge in [0, 0.05) is 31.9 Å². The Balaban J connectivity index is 1.53. The first-order chi connectivity index (χ1) is 13.3. The van der Waals surface area contributed by atoms with Crippen LogP contribution >= 0.6 is 0 Å². The van der Waals surface area contributed by atoms with E-state index >= 15 is 0 Å². The molecule has 1 aliphatic heterocycles. The van der Waals surface area contributed by atoms with Crippen molar-refractivity contribution in [2.24, 2.45) is 5.92 Å². The Labute approximate surface area is 167 Å². The number of nitrogens with one attached hydrogen (secondary N) is 1. The second kappa shape index (κ2) is 8.84. The summed E-state index contributed by atoms with van der Waals surface area (Å²) in [6.45, 7) is 7.66. The topological polar surface area (TPSA) is 63.6 Å². The second-order valence-electron chi connectivity index (χ2n) is 8.86. The van der Waals surface area contributed by atoms with Gasteiger partial charge in [-0.25, -0.2) is 4.79 Å². The van der Waals surface area contributed by atoms with Gasteiger partial charge in [-0.1, -0.05) is 12.2 Å². The van der Waals surface area contributed by atoms with Crippen molar-refractivity contribution in [2.75, 3.05) is 19.6 Å². The first kappa shape index (κ1) is 20.5. The van der Waals surface area contributed by atoms with Crippen molar-refractivity contribution in [3.05, 3.63) is 36.2 Å². The number of nitrogens with zero attached hydrogens (tertiary/aromatic N) is 2. The molecule has 3 rings (SSSR count). The highest BCUT2D eigenvalue weighted by Gasteiger charge is 2.28. The molecule has 1 saturated heterocycles. The van der Waals surface area contributed by atoms with E-state index in [-0.39, 0.29) is 18.0 Å². The molecule has 0 bridgehead atoms. The zero-order chi connectivity index (χ0) is 20.1. The van der Waals surface area contributed by atoms with Gasteiger partial charge in [-0.3, -0.25) is 4.79 Å². The van der Waals surface area contributed by atoms with Gasteiger partial charge < -0.3 is 19.5 Å². The van der Waals surface area contributed by atoms with Crippen LogP contribution in [0.3, 0.4) is 0 Å². The van der Waals surface area contributed by atoms with Crippen molar-refractivity contribution in [1.82, 2.24) is 14.8 Å². The van der Waals surface area contributed by atoms with Crippen LogP contribution in [0.4, 0.5) is 4.79 Å². The number of amides is 2. The Bertz CT molecular complexity index is 709. The molecule has 1 aliphatic carbocycles. The van der Waals surface area contributed by atoms with E-state index in [1.165, 1.54) is 0 Å². The Morgan fingerprint density at radius 2 is 1.93 bits per heavy atom. The summed E-state index contributed by atoms with van der Waals surface area (Å²) < 4.78 is 7.54. The first-order valence-corrected chi connectivity index (χ1v) is 10.4. The number of hydrogen-bond donors (Lipinski definition) is 1. The number of allylic oxidation sites excluding steroid dienone is 2. The van der Waals surface area contributed by atoms with Crippen LogP contribution in [-0.4, -0.2) is 46.7 Å². The maximum Gasteiger partial charge on any atom is 0.410 e. The lowest BCUT2D eigenvalue weighted by Gasteiger charge is -2.34. The van der Waals surface area contributed by atoms with Crippen LogP contribution in [0.5, 0.6) is 0 Å². The van der Waals surface area contributed by atoms with Crippen LogP contribution in [0.2, 0.25) is 0 Å². The molecular weight excluding hydrogens is 354 g/mol. The highest BCUT2D eigenvalue weighted by Crippen LogP contribution is 2.26.